The van der Waals surface area contributed by atoms with Gasteiger partial charge < -0.3 is 4.90 Å². The molecule has 1 unspecified atom stereocenters. The molecule has 0 radical (unpaired) electrons. The van der Waals surface area contributed by atoms with Crippen molar-refractivity contribution in [1.29, 1.82) is 0 Å². The highest BCUT2D eigenvalue weighted by atomic mass is 16.2. The van der Waals surface area contributed by atoms with Crippen LogP contribution in [0.3, 0.4) is 0 Å². The number of amides is 1. The summed E-state index contributed by atoms with van der Waals surface area (Å²) in [7, 11) is 0. The van der Waals surface area contributed by atoms with Crippen LogP contribution in [0.2, 0.25) is 0 Å². The van der Waals surface area contributed by atoms with Crippen LogP contribution in [0.4, 0.5) is 0 Å². The van der Waals surface area contributed by atoms with Crippen LogP contribution in [-0.2, 0) is 4.79 Å². The van der Waals surface area contributed by atoms with Gasteiger partial charge in [0, 0.05) is 13.0 Å². The molecule has 1 saturated heterocycles. The summed E-state index contributed by atoms with van der Waals surface area (Å²) < 4.78 is 0. The SMILES string of the molecule is CC1=CCC(=O)N2CCCC12. The minimum absolute atomic E-state index is 0.318. The van der Waals surface area contributed by atoms with Gasteiger partial charge in [0.1, 0.15) is 0 Å². The Morgan fingerprint density at radius 1 is 1.64 bits per heavy atom. The number of hydrogen-bond acceptors (Lipinski definition) is 1. The molecule has 1 atom stereocenters. The van der Waals surface area contributed by atoms with Crippen LogP contribution in [0.15, 0.2) is 11.6 Å². The van der Waals surface area contributed by atoms with Crippen LogP contribution in [0.25, 0.3) is 0 Å². The summed E-state index contributed by atoms with van der Waals surface area (Å²) in [5.74, 6) is 0.318. The first-order valence-corrected chi connectivity index (χ1v) is 4.25. The lowest BCUT2D eigenvalue weighted by Gasteiger charge is -2.28. The lowest BCUT2D eigenvalue weighted by atomic mass is 10.0. The van der Waals surface area contributed by atoms with Crippen LogP contribution in [0.1, 0.15) is 26.2 Å². The average molecular weight is 151 g/mol. The molecule has 0 aliphatic carbocycles. The molecule has 0 saturated carbocycles. The molecular weight excluding hydrogens is 138 g/mol. The van der Waals surface area contributed by atoms with Crippen molar-refractivity contribution in [3.63, 3.8) is 0 Å². The predicted octanol–water partition coefficient (Wildman–Crippen LogP) is 1.33. The average Bonchev–Trinajstić information content (AvgIpc) is 2.45. The Bertz CT molecular complexity index is 220. The van der Waals surface area contributed by atoms with Crippen molar-refractivity contribution >= 4 is 5.91 Å². The maximum absolute atomic E-state index is 11.3. The van der Waals surface area contributed by atoms with E-state index < -0.39 is 0 Å². The molecule has 0 aromatic carbocycles. The van der Waals surface area contributed by atoms with Crippen molar-refractivity contribution in [2.75, 3.05) is 6.54 Å². The van der Waals surface area contributed by atoms with E-state index in [-0.39, 0.29) is 0 Å². The van der Waals surface area contributed by atoms with Crippen molar-refractivity contribution in [2.45, 2.75) is 32.2 Å². The van der Waals surface area contributed by atoms with Gasteiger partial charge in [-0.15, -0.1) is 0 Å². The highest BCUT2D eigenvalue weighted by Crippen LogP contribution is 2.27. The molecule has 0 aromatic rings. The number of hydrogen-bond donors (Lipinski definition) is 0. The summed E-state index contributed by atoms with van der Waals surface area (Å²) in [6.45, 7) is 3.12. The summed E-state index contributed by atoms with van der Waals surface area (Å²) in [4.78, 5) is 13.3. The molecule has 2 heterocycles. The molecule has 2 nitrogen and oxygen atoms in total. The van der Waals surface area contributed by atoms with Gasteiger partial charge in [-0.2, -0.15) is 0 Å². The Kier molecular flexibility index (Phi) is 1.48. The largest absolute Gasteiger partial charge is 0.336 e. The first kappa shape index (κ1) is 6.89. The second-order valence-electron chi connectivity index (χ2n) is 3.40. The fourth-order valence-corrected chi connectivity index (χ4v) is 2.04. The Labute approximate surface area is 66.9 Å². The Morgan fingerprint density at radius 2 is 2.45 bits per heavy atom. The van der Waals surface area contributed by atoms with E-state index in [9.17, 15) is 4.79 Å². The molecule has 2 heteroatoms. The second-order valence-corrected chi connectivity index (χ2v) is 3.40. The third-order valence-electron chi connectivity index (χ3n) is 2.70. The lowest BCUT2D eigenvalue weighted by Crippen LogP contribution is -2.38. The summed E-state index contributed by atoms with van der Waals surface area (Å²) in [5.41, 5.74) is 1.39. The van der Waals surface area contributed by atoms with Gasteiger partial charge in [-0.05, 0) is 19.8 Å². The van der Waals surface area contributed by atoms with Crippen LogP contribution >= 0.6 is 0 Å². The third kappa shape index (κ3) is 0.971. The minimum atomic E-state index is 0.318. The Morgan fingerprint density at radius 3 is 3.18 bits per heavy atom. The first-order valence-electron chi connectivity index (χ1n) is 4.25. The van der Waals surface area contributed by atoms with E-state index in [1.165, 1.54) is 18.4 Å². The molecule has 2 aliphatic heterocycles. The summed E-state index contributed by atoms with van der Waals surface area (Å²) in [6.07, 6.45) is 5.06. The monoisotopic (exact) mass is 151 g/mol. The Hall–Kier alpha value is -0.790. The van der Waals surface area contributed by atoms with Crippen molar-refractivity contribution in [3.05, 3.63) is 11.6 Å². The van der Waals surface area contributed by atoms with E-state index in [0.717, 1.165) is 6.54 Å². The zero-order chi connectivity index (χ0) is 7.84. The first-order chi connectivity index (χ1) is 5.29. The molecule has 0 bridgehead atoms. The van der Waals surface area contributed by atoms with Crippen LogP contribution in [0.5, 0.6) is 0 Å². The molecule has 60 valence electrons. The van der Waals surface area contributed by atoms with Crippen molar-refractivity contribution < 1.29 is 4.79 Å². The molecule has 2 aliphatic rings. The van der Waals surface area contributed by atoms with Gasteiger partial charge in [0.25, 0.3) is 0 Å². The van der Waals surface area contributed by atoms with Crippen molar-refractivity contribution in [2.24, 2.45) is 0 Å². The third-order valence-corrected chi connectivity index (χ3v) is 2.70. The maximum Gasteiger partial charge on any atom is 0.226 e. The van der Waals surface area contributed by atoms with Crippen LogP contribution in [-0.4, -0.2) is 23.4 Å². The number of carbonyl (C=O) groups is 1. The van der Waals surface area contributed by atoms with Crippen molar-refractivity contribution in [1.82, 2.24) is 4.90 Å². The van der Waals surface area contributed by atoms with E-state index in [1.807, 2.05) is 4.90 Å². The van der Waals surface area contributed by atoms with Gasteiger partial charge in [-0.25, -0.2) is 0 Å². The standard InChI is InChI=1S/C9H13NO/c1-7-4-5-9(11)10-6-2-3-8(7)10/h4,8H,2-3,5-6H2,1H3. The van der Waals surface area contributed by atoms with Crippen molar-refractivity contribution in [3.8, 4) is 0 Å². The zero-order valence-electron chi connectivity index (χ0n) is 6.84. The number of fused-ring (bicyclic) bond motifs is 1. The van der Waals surface area contributed by atoms with Gasteiger partial charge in [0.2, 0.25) is 5.91 Å². The van der Waals surface area contributed by atoms with E-state index in [4.69, 9.17) is 0 Å². The molecule has 2 rings (SSSR count). The quantitative estimate of drug-likeness (QED) is 0.478. The smallest absolute Gasteiger partial charge is 0.226 e. The Balaban J connectivity index is 2.27. The molecule has 0 aromatic heterocycles. The molecular formula is C9H13NO. The molecule has 1 amide bonds. The van der Waals surface area contributed by atoms with Crippen LogP contribution < -0.4 is 0 Å². The zero-order valence-corrected chi connectivity index (χ0v) is 6.84. The molecule has 1 fully saturated rings. The van der Waals surface area contributed by atoms with E-state index >= 15 is 0 Å². The lowest BCUT2D eigenvalue weighted by molar-refractivity contribution is -0.131. The molecule has 0 N–H and O–H groups in total. The topological polar surface area (TPSA) is 20.3 Å². The fraction of sp³-hybridized carbons (Fsp3) is 0.667. The normalized spacial score (nSPS) is 30.3. The number of rotatable bonds is 0. The highest BCUT2D eigenvalue weighted by Gasteiger charge is 2.31. The second kappa shape index (κ2) is 2.36. The van der Waals surface area contributed by atoms with E-state index in [0.29, 0.717) is 18.4 Å². The van der Waals surface area contributed by atoms with Gasteiger partial charge >= 0.3 is 0 Å². The summed E-state index contributed by atoms with van der Waals surface area (Å²) in [6, 6.07) is 0.455. The van der Waals surface area contributed by atoms with Gasteiger partial charge in [-0.1, -0.05) is 11.6 Å². The minimum Gasteiger partial charge on any atom is -0.336 e. The maximum atomic E-state index is 11.3. The molecule has 0 spiro atoms. The van der Waals surface area contributed by atoms with E-state index in [2.05, 4.69) is 13.0 Å². The summed E-state index contributed by atoms with van der Waals surface area (Å²) >= 11 is 0. The van der Waals surface area contributed by atoms with Gasteiger partial charge in [0.15, 0.2) is 0 Å². The van der Waals surface area contributed by atoms with Gasteiger partial charge in [0.05, 0.1) is 6.04 Å². The number of carbonyl (C=O) groups excluding carboxylic acids is 1. The fourth-order valence-electron chi connectivity index (χ4n) is 2.04. The van der Waals surface area contributed by atoms with Crippen LogP contribution in [0, 0.1) is 0 Å². The predicted molar refractivity (Wildman–Crippen MR) is 43.1 cm³/mol. The van der Waals surface area contributed by atoms with Gasteiger partial charge in [-0.3, -0.25) is 4.79 Å². The summed E-state index contributed by atoms with van der Waals surface area (Å²) in [5, 5.41) is 0. The molecule has 11 heavy (non-hydrogen) atoms. The van der Waals surface area contributed by atoms with E-state index in [1.54, 1.807) is 0 Å². The highest BCUT2D eigenvalue weighted by molar-refractivity contribution is 5.80. The number of nitrogens with zero attached hydrogens (tertiary/aromatic N) is 1.